The van der Waals surface area contributed by atoms with Crippen LogP contribution in [-0.4, -0.2) is 41.8 Å². The SMILES string of the molecule is C[C@@H]1[C@@H](C(C)(C)F)[C@H](CCO)O[C@@]12C(=O)N(Cc1ccccc1)c1ccc(N3CCCCC3=O)cc12. The summed E-state index contributed by atoms with van der Waals surface area (Å²) in [6, 6.07) is 15.4. The molecule has 0 aromatic heterocycles. The van der Waals surface area contributed by atoms with Gasteiger partial charge in [0.25, 0.3) is 5.91 Å². The zero-order valence-electron chi connectivity index (χ0n) is 21.2. The number of amides is 2. The predicted octanol–water partition coefficient (Wildman–Crippen LogP) is 4.73. The molecule has 0 bridgehead atoms. The average molecular weight is 495 g/mol. The van der Waals surface area contributed by atoms with E-state index in [0.717, 1.165) is 29.8 Å². The smallest absolute Gasteiger partial charge is 0.264 e. The van der Waals surface area contributed by atoms with Crippen molar-refractivity contribution < 1.29 is 23.8 Å². The number of carbonyl (C=O) groups excluding carboxylic acids is 2. The maximum atomic E-state index is 15.6. The molecule has 36 heavy (non-hydrogen) atoms. The van der Waals surface area contributed by atoms with Crippen LogP contribution < -0.4 is 9.80 Å². The van der Waals surface area contributed by atoms with Crippen molar-refractivity contribution in [1.29, 1.82) is 0 Å². The van der Waals surface area contributed by atoms with Gasteiger partial charge in [-0.15, -0.1) is 0 Å². The Labute approximate surface area is 212 Å². The average Bonchev–Trinajstić information content (AvgIpc) is 3.27. The molecule has 5 rings (SSSR count). The Morgan fingerprint density at radius 2 is 1.89 bits per heavy atom. The summed E-state index contributed by atoms with van der Waals surface area (Å²) in [6.45, 7) is 5.77. The number of anilines is 2. The summed E-state index contributed by atoms with van der Waals surface area (Å²) in [6.07, 6.45) is 1.94. The molecule has 0 radical (unpaired) electrons. The lowest BCUT2D eigenvalue weighted by Crippen LogP contribution is -2.45. The highest BCUT2D eigenvalue weighted by Crippen LogP contribution is 2.59. The van der Waals surface area contributed by atoms with Gasteiger partial charge >= 0.3 is 0 Å². The third-order valence-electron chi connectivity index (χ3n) is 8.18. The summed E-state index contributed by atoms with van der Waals surface area (Å²) in [4.78, 5) is 30.5. The molecule has 2 fully saturated rings. The third-order valence-corrected chi connectivity index (χ3v) is 8.18. The van der Waals surface area contributed by atoms with Crippen LogP contribution in [-0.2, 0) is 26.5 Å². The monoisotopic (exact) mass is 494 g/mol. The summed E-state index contributed by atoms with van der Waals surface area (Å²) < 4.78 is 22.2. The Hall–Kier alpha value is -2.77. The van der Waals surface area contributed by atoms with Gasteiger partial charge in [0.1, 0.15) is 5.67 Å². The van der Waals surface area contributed by atoms with Gasteiger partial charge in [-0.3, -0.25) is 9.59 Å². The fourth-order valence-corrected chi connectivity index (χ4v) is 6.60. The van der Waals surface area contributed by atoms with E-state index in [2.05, 4.69) is 0 Å². The van der Waals surface area contributed by atoms with E-state index in [1.807, 2.05) is 55.5 Å². The van der Waals surface area contributed by atoms with Crippen LogP contribution >= 0.6 is 0 Å². The molecule has 2 saturated heterocycles. The van der Waals surface area contributed by atoms with Crippen molar-refractivity contribution in [2.24, 2.45) is 11.8 Å². The first-order chi connectivity index (χ1) is 17.2. The predicted molar refractivity (Wildman–Crippen MR) is 136 cm³/mol. The molecule has 0 saturated carbocycles. The molecule has 7 heteroatoms. The standard InChI is InChI=1S/C29H35FN2O4/c1-19-26(28(2,3)30)24(14-16-33)36-29(19)22-17-21(31-15-8-7-11-25(31)34)12-13-23(22)32(27(29)35)18-20-9-5-4-6-10-20/h4-6,9-10,12-13,17,19,24,26,33H,7-8,11,14-16,18H2,1-3H3/t19-,24+,26-,29+/m1/s1. The highest BCUT2D eigenvalue weighted by atomic mass is 19.1. The van der Waals surface area contributed by atoms with Gasteiger partial charge in [0.05, 0.1) is 18.3 Å². The van der Waals surface area contributed by atoms with E-state index in [9.17, 15) is 14.7 Å². The number of ether oxygens (including phenoxy) is 1. The lowest BCUT2D eigenvalue weighted by molar-refractivity contribution is -0.146. The second-order valence-corrected chi connectivity index (χ2v) is 10.9. The normalized spacial score (nSPS) is 28.3. The van der Waals surface area contributed by atoms with Crippen LogP contribution in [0.2, 0.25) is 0 Å². The summed E-state index contributed by atoms with van der Waals surface area (Å²) in [7, 11) is 0. The molecule has 3 aliphatic heterocycles. The van der Waals surface area contributed by atoms with Crippen LogP contribution in [0.15, 0.2) is 48.5 Å². The Kier molecular flexibility index (Phi) is 6.41. The Bertz CT molecular complexity index is 1150. The first-order valence-electron chi connectivity index (χ1n) is 13.0. The van der Waals surface area contributed by atoms with E-state index in [1.54, 1.807) is 9.80 Å². The maximum absolute atomic E-state index is 15.6. The van der Waals surface area contributed by atoms with Crippen molar-refractivity contribution in [3.63, 3.8) is 0 Å². The first kappa shape index (κ1) is 24.9. The molecule has 6 nitrogen and oxygen atoms in total. The van der Waals surface area contributed by atoms with E-state index < -0.39 is 29.2 Å². The molecule has 2 aromatic rings. The molecule has 1 N–H and O–H groups in total. The lowest BCUT2D eigenvalue weighted by atomic mass is 9.71. The van der Waals surface area contributed by atoms with E-state index in [1.165, 1.54) is 13.8 Å². The fraction of sp³-hybridized carbons (Fsp3) is 0.517. The second kappa shape index (κ2) is 9.27. The molecule has 2 amide bonds. The van der Waals surface area contributed by atoms with Crippen LogP contribution in [0.25, 0.3) is 0 Å². The zero-order chi connectivity index (χ0) is 25.7. The Balaban J connectivity index is 1.64. The molecule has 3 heterocycles. The highest BCUT2D eigenvalue weighted by molar-refractivity contribution is 6.08. The molecular weight excluding hydrogens is 459 g/mol. The largest absolute Gasteiger partial charge is 0.396 e. The van der Waals surface area contributed by atoms with Gasteiger partial charge in [-0.2, -0.15) is 0 Å². The van der Waals surface area contributed by atoms with Gasteiger partial charge in [-0.1, -0.05) is 37.3 Å². The number of benzene rings is 2. The van der Waals surface area contributed by atoms with Crippen molar-refractivity contribution in [2.45, 2.75) is 70.4 Å². The van der Waals surface area contributed by atoms with E-state index >= 15 is 4.39 Å². The van der Waals surface area contributed by atoms with E-state index in [0.29, 0.717) is 25.1 Å². The lowest BCUT2D eigenvalue weighted by Gasteiger charge is -2.33. The number of piperidine rings is 1. The number of aliphatic hydroxyl groups is 1. The molecule has 1 spiro atoms. The van der Waals surface area contributed by atoms with E-state index in [4.69, 9.17) is 4.74 Å². The highest BCUT2D eigenvalue weighted by Gasteiger charge is 2.66. The second-order valence-electron chi connectivity index (χ2n) is 10.9. The van der Waals surface area contributed by atoms with Crippen LogP contribution in [0.3, 0.4) is 0 Å². The van der Waals surface area contributed by atoms with Crippen LogP contribution in [0.5, 0.6) is 0 Å². The van der Waals surface area contributed by atoms with Crippen molar-refractivity contribution in [1.82, 2.24) is 0 Å². The topological polar surface area (TPSA) is 70.1 Å². The fourth-order valence-electron chi connectivity index (χ4n) is 6.60. The summed E-state index contributed by atoms with van der Waals surface area (Å²) >= 11 is 0. The first-order valence-corrected chi connectivity index (χ1v) is 13.0. The number of nitrogens with zero attached hydrogens (tertiary/aromatic N) is 2. The number of aliphatic hydroxyl groups excluding tert-OH is 1. The molecule has 192 valence electrons. The van der Waals surface area contributed by atoms with Gasteiger partial charge in [0, 0.05) is 42.7 Å². The van der Waals surface area contributed by atoms with Crippen molar-refractivity contribution in [3.05, 3.63) is 59.7 Å². The van der Waals surface area contributed by atoms with Gasteiger partial charge in [-0.05, 0) is 56.9 Å². The zero-order valence-corrected chi connectivity index (χ0v) is 21.2. The minimum absolute atomic E-state index is 0.0713. The number of alkyl halides is 1. The van der Waals surface area contributed by atoms with Crippen molar-refractivity contribution in [3.8, 4) is 0 Å². The number of rotatable bonds is 6. The number of carbonyl (C=O) groups is 2. The van der Waals surface area contributed by atoms with Gasteiger partial charge < -0.3 is 19.6 Å². The van der Waals surface area contributed by atoms with Gasteiger partial charge in [-0.25, -0.2) is 4.39 Å². The molecular formula is C29H35FN2O4. The quantitative estimate of drug-likeness (QED) is 0.631. The number of hydrogen-bond donors (Lipinski definition) is 1. The molecule has 0 aliphatic carbocycles. The minimum atomic E-state index is -1.61. The summed E-state index contributed by atoms with van der Waals surface area (Å²) in [5.41, 5.74) is 0.128. The molecule has 0 unspecified atom stereocenters. The van der Waals surface area contributed by atoms with Crippen molar-refractivity contribution in [2.75, 3.05) is 23.0 Å². The number of fused-ring (bicyclic) bond motifs is 2. The summed E-state index contributed by atoms with van der Waals surface area (Å²) in [5, 5.41) is 9.74. The molecule has 3 aliphatic rings. The maximum Gasteiger partial charge on any atom is 0.264 e. The number of hydrogen-bond acceptors (Lipinski definition) is 4. The molecule has 2 aromatic carbocycles. The summed E-state index contributed by atoms with van der Waals surface area (Å²) in [5.74, 6) is -1.21. The number of halogens is 1. The molecule has 4 atom stereocenters. The van der Waals surface area contributed by atoms with Crippen molar-refractivity contribution >= 4 is 23.2 Å². The van der Waals surface area contributed by atoms with E-state index in [-0.39, 0.29) is 24.8 Å². The minimum Gasteiger partial charge on any atom is -0.396 e. The van der Waals surface area contributed by atoms with Gasteiger partial charge in [0.15, 0.2) is 5.60 Å². The third kappa shape index (κ3) is 3.93. The van der Waals surface area contributed by atoms with Crippen LogP contribution in [0.4, 0.5) is 15.8 Å². The Morgan fingerprint density at radius 3 is 2.56 bits per heavy atom. The Morgan fingerprint density at radius 1 is 1.14 bits per heavy atom. The van der Waals surface area contributed by atoms with Gasteiger partial charge in [0.2, 0.25) is 5.91 Å². The van der Waals surface area contributed by atoms with Crippen LogP contribution in [0.1, 0.15) is 57.6 Å². The van der Waals surface area contributed by atoms with Crippen LogP contribution in [0, 0.1) is 11.8 Å².